The van der Waals surface area contributed by atoms with E-state index in [0.29, 0.717) is 19.8 Å². The van der Waals surface area contributed by atoms with Crippen molar-refractivity contribution in [1.82, 2.24) is 5.32 Å². The first-order valence-electron chi connectivity index (χ1n) is 7.30. The van der Waals surface area contributed by atoms with Gasteiger partial charge in [0.1, 0.15) is 0 Å². The molecule has 0 aliphatic heterocycles. The summed E-state index contributed by atoms with van der Waals surface area (Å²) in [6.07, 6.45) is 2.23. The smallest absolute Gasteiger partial charge is 0.0903 e. The van der Waals surface area contributed by atoms with Crippen LogP contribution in [-0.4, -0.2) is 45.2 Å². The highest BCUT2D eigenvalue weighted by atomic mass is 16.5. The van der Waals surface area contributed by atoms with Crippen LogP contribution in [0.25, 0.3) is 0 Å². The van der Waals surface area contributed by atoms with Gasteiger partial charge in [-0.05, 0) is 19.0 Å². The van der Waals surface area contributed by atoms with Gasteiger partial charge in [0.25, 0.3) is 0 Å². The molecule has 0 heterocycles. The Morgan fingerprint density at radius 2 is 1.80 bits per heavy atom. The lowest BCUT2D eigenvalue weighted by molar-refractivity contribution is 0.00338. The highest BCUT2D eigenvalue weighted by molar-refractivity contribution is 5.24. The van der Waals surface area contributed by atoms with Crippen LogP contribution in [0.3, 0.4) is 0 Å². The van der Waals surface area contributed by atoms with Crippen molar-refractivity contribution in [2.24, 2.45) is 0 Å². The van der Waals surface area contributed by atoms with Gasteiger partial charge in [-0.2, -0.15) is 0 Å². The van der Waals surface area contributed by atoms with Gasteiger partial charge in [-0.25, -0.2) is 0 Å². The van der Waals surface area contributed by atoms with Crippen molar-refractivity contribution in [3.8, 4) is 0 Å². The Morgan fingerprint density at radius 3 is 2.40 bits per heavy atom. The zero-order chi connectivity index (χ0) is 14.7. The van der Waals surface area contributed by atoms with Gasteiger partial charge in [0.2, 0.25) is 0 Å². The molecule has 0 aliphatic carbocycles. The van der Waals surface area contributed by atoms with Gasteiger partial charge in [0, 0.05) is 6.61 Å². The van der Waals surface area contributed by atoms with Gasteiger partial charge in [-0.3, -0.25) is 0 Å². The third-order valence-electron chi connectivity index (χ3n) is 3.44. The standard InChI is InChI=1S/C16H27NO3/c1-3-4-10-19-11-12-20-14-16(13-18,17-2)15-8-6-5-7-9-15/h5-9,17-18H,3-4,10-14H2,1-2H3. The van der Waals surface area contributed by atoms with E-state index < -0.39 is 5.54 Å². The second kappa shape index (κ2) is 9.88. The minimum absolute atomic E-state index is 0.00972. The normalized spacial score (nSPS) is 14.2. The van der Waals surface area contributed by atoms with Crippen molar-refractivity contribution >= 4 is 0 Å². The Morgan fingerprint density at radius 1 is 1.10 bits per heavy atom. The lowest BCUT2D eigenvalue weighted by Crippen LogP contribution is -2.47. The summed E-state index contributed by atoms with van der Waals surface area (Å²) in [5.74, 6) is 0. The van der Waals surface area contributed by atoms with Gasteiger partial charge in [0.15, 0.2) is 0 Å². The summed E-state index contributed by atoms with van der Waals surface area (Å²) in [4.78, 5) is 0. The molecule has 0 fully saturated rings. The van der Waals surface area contributed by atoms with Crippen LogP contribution in [0.15, 0.2) is 30.3 Å². The van der Waals surface area contributed by atoms with Crippen molar-refractivity contribution in [2.45, 2.75) is 25.3 Å². The number of aliphatic hydroxyl groups is 1. The maximum Gasteiger partial charge on any atom is 0.0903 e. The first-order valence-corrected chi connectivity index (χ1v) is 7.30. The largest absolute Gasteiger partial charge is 0.394 e. The number of likely N-dealkylation sites (N-methyl/N-ethyl adjacent to an activating group) is 1. The summed E-state index contributed by atoms with van der Waals surface area (Å²) in [5.41, 5.74) is 0.474. The van der Waals surface area contributed by atoms with Gasteiger partial charge >= 0.3 is 0 Å². The number of aliphatic hydroxyl groups excluding tert-OH is 1. The Kier molecular flexibility index (Phi) is 8.46. The van der Waals surface area contributed by atoms with Crippen molar-refractivity contribution < 1.29 is 14.6 Å². The van der Waals surface area contributed by atoms with Crippen LogP contribution in [0.2, 0.25) is 0 Å². The van der Waals surface area contributed by atoms with Crippen LogP contribution in [0.5, 0.6) is 0 Å². The molecule has 0 radical (unpaired) electrons. The number of hydrogen-bond acceptors (Lipinski definition) is 4. The molecular formula is C16H27NO3. The molecule has 0 saturated carbocycles. The zero-order valence-corrected chi connectivity index (χ0v) is 12.6. The van der Waals surface area contributed by atoms with Crippen molar-refractivity contribution in [1.29, 1.82) is 0 Å². The molecule has 1 atom stereocenters. The second-order valence-electron chi connectivity index (χ2n) is 4.87. The fourth-order valence-corrected chi connectivity index (χ4v) is 1.99. The zero-order valence-electron chi connectivity index (χ0n) is 12.6. The third-order valence-corrected chi connectivity index (χ3v) is 3.44. The van der Waals surface area contributed by atoms with E-state index in [1.165, 1.54) is 0 Å². The summed E-state index contributed by atoms with van der Waals surface area (Å²) in [5, 5.41) is 12.9. The number of rotatable bonds is 11. The van der Waals surface area contributed by atoms with E-state index in [4.69, 9.17) is 9.47 Å². The van der Waals surface area contributed by atoms with Gasteiger partial charge in [-0.15, -0.1) is 0 Å². The molecule has 114 valence electrons. The minimum atomic E-state index is -0.551. The highest BCUT2D eigenvalue weighted by Gasteiger charge is 2.29. The van der Waals surface area contributed by atoms with Crippen LogP contribution in [-0.2, 0) is 15.0 Å². The molecule has 0 aromatic heterocycles. The molecule has 0 amide bonds. The molecule has 0 bridgehead atoms. The predicted octanol–water partition coefficient (Wildman–Crippen LogP) is 1.93. The minimum Gasteiger partial charge on any atom is -0.394 e. The Balaban J connectivity index is 2.40. The van der Waals surface area contributed by atoms with E-state index in [-0.39, 0.29) is 6.61 Å². The molecule has 0 spiro atoms. The summed E-state index contributed by atoms with van der Waals surface area (Å²) in [6, 6.07) is 9.88. The summed E-state index contributed by atoms with van der Waals surface area (Å²) >= 11 is 0. The monoisotopic (exact) mass is 281 g/mol. The predicted molar refractivity (Wildman–Crippen MR) is 80.8 cm³/mol. The third kappa shape index (κ3) is 5.21. The van der Waals surface area contributed by atoms with Crippen LogP contribution in [0, 0.1) is 0 Å². The van der Waals surface area contributed by atoms with Crippen LogP contribution in [0.4, 0.5) is 0 Å². The van der Waals surface area contributed by atoms with E-state index in [9.17, 15) is 5.11 Å². The average Bonchev–Trinajstić information content (AvgIpc) is 2.52. The fourth-order valence-electron chi connectivity index (χ4n) is 1.99. The first kappa shape index (κ1) is 17.1. The number of benzene rings is 1. The van der Waals surface area contributed by atoms with E-state index >= 15 is 0 Å². The molecule has 0 saturated heterocycles. The SMILES string of the molecule is CCCCOCCOCC(CO)(NC)c1ccccc1. The Bertz CT molecular complexity index is 339. The number of unbranched alkanes of at least 4 members (excludes halogenated alkanes) is 1. The molecule has 20 heavy (non-hydrogen) atoms. The number of nitrogens with one attached hydrogen (secondary N) is 1. The van der Waals surface area contributed by atoms with Gasteiger partial charge in [0.05, 0.1) is 32.0 Å². The van der Waals surface area contributed by atoms with Gasteiger partial charge in [-0.1, -0.05) is 43.7 Å². The molecule has 4 nitrogen and oxygen atoms in total. The second-order valence-corrected chi connectivity index (χ2v) is 4.87. The summed E-state index contributed by atoms with van der Waals surface area (Å²) in [7, 11) is 1.84. The molecule has 4 heteroatoms. The van der Waals surface area contributed by atoms with Crippen LogP contribution in [0.1, 0.15) is 25.3 Å². The quantitative estimate of drug-likeness (QED) is 0.609. The van der Waals surface area contributed by atoms with Crippen LogP contribution < -0.4 is 5.32 Å². The van der Waals surface area contributed by atoms with Crippen molar-refractivity contribution in [3.05, 3.63) is 35.9 Å². The molecular weight excluding hydrogens is 254 g/mol. The summed E-state index contributed by atoms with van der Waals surface area (Å²) < 4.78 is 11.1. The van der Waals surface area contributed by atoms with E-state index in [2.05, 4.69) is 12.2 Å². The molecule has 1 rings (SSSR count). The molecule has 1 unspecified atom stereocenters. The molecule has 1 aromatic carbocycles. The topological polar surface area (TPSA) is 50.7 Å². The Hall–Kier alpha value is -0.940. The average molecular weight is 281 g/mol. The lowest BCUT2D eigenvalue weighted by Gasteiger charge is -2.32. The van der Waals surface area contributed by atoms with Crippen molar-refractivity contribution in [2.75, 3.05) is 40.1 Å². The van der Waals surface area contributed by atoms with E-state index in [1.807, 2.05) is 37.4 Å². The number of ether oxygens (including phenoxy) is 2. The maximum atomic E-state index is 9.73. The first-order chi connectivity index (χ1) is 9.79. The number of hydrogen-bond donors (Lipinski definition) is 2. The highest BCUT2D eigenvalue weighted by Crippen LogP contribution is 2.20. The van der Waals surface area contributed by atoms with Crippen LogP contribution >= 0.6 is 0 Å². The molecule has 0 aliphatic rings. The lowest BCUT2D eigenvalue weighted by atomic mass is 9.92. The Labute approximate surface area is 122 Å². The van der Waals surface area contributed by atoms with E-state index in [1.54, 1.807) is 0 Å². The van der Waals surface area contributed by atoms with Gasteiger partial charge < -0.3 is 19.9 Å². The molecule has 1 aromatic rings. The maximum absolute atomic E-state index is 9.73. The summed E-state index contributed by atoms with van der Waals surface area (Å²) in [6.45, 7) is 4.48. The fraction of sp³-hybridized carbons (Fsp3) is 0.625. The molecule has 2 N–H and O–H groups in total. The van der Waals surface area contributed by atoms with Crippen molar-refractivity contribution in [3.63, 3.8) is 0 Å². The van der Waals surface area contributed by atoms with E-state index in [0.717, 1.165) is 25.0 Å².